The third kappa shape index (κ3) is 3.37. The van der Waals surface area contributed by atoms with Crippen LogP contribution in [0.2, 0.25) is 0 Å². The molecule has 0 N–H and O–H groups in total. The molecule has 0 amide bonds. The van der Waals surface area contributed by atoms with Gasteiger partial charge in [-0.2, -0.15) is 0 Å². The summed E-state index contributed by atoms with van der Waals surface area (Å²) in [5, 5.41) is 7.00. The molecule has 0 spiro atoms. The summed E-state index contributed by atoms with van der Waals surface area (Å²) < 4.78 is 6.27. The lowest BCUT2D eigenvalue weighted by Crippen LogP contribution is -1.93. The van der Waals surface area contributed by atoms with Crippen LogP contribution in [0.4, 0.5) is 0 Å². The van der Waals surface area contributed by atoms with E-state index in [4.69, 9.17) is 14.4 Å². The van der Waals surface area contributed by atoms with Crippen molar-refractivity contribution in [3.8, 4) is 22.4 Å². The van der Waals surface area contributed by atoms with E-state index in [0.29, 0.717) is 0 Å². The Labute approximate surface area is 225 Å². The molecular formula is C36H24N2O. The zero-order valence-corrected chi connectivity index (χ0v) is 21.7. The van der Waals surface area contributed by atoms with Crippen LogP contribution in [0.25, 0.3) is 76.9 Å². The molecule has 3 nitrogen and oxygen atoms in total. The van der Waals surface area contributed by atoms with Crippen molar-refractivity contribution in [2.24, 2.45) is 0 Å². The molecule has 0 atom stereocenters. The van der Waals surface area contributed by atoms with Gasteiger partial charge in [0.2, 0.25) is 0 Å². The molecule has 0 saturated heterocycles. The number of para-hydroxylation sites is 2. The van der Waals surface area contributed by atoms with E-state index in [2.05, 4.69) is 105 Å². The number of fused-ring (bicyclic) bond motifs is 9. The van der Waals surface area contributed by atoms with Crippen LogP contribution in [-0.4, -0.2) is 9.97 Å². The zero-order valence-electron chi connectivity index (χ0n) is 21.7. The Morgan fingerprint density at radius 1 is 0.538 bits per heavy atom. The van der Waals surface area contributed by atoms with Gasteiger partial charge in [-0.15, -0.1) is 0 Å². The molecule has 0 bridgehead atoms. The fourth-order valence-corrected chi connectivity index (χ4v) is 5.89. The third-order valence-electron chi connectivity index (χ3n) is 7.82. The highest BCUT2D eigenvalue weighted by Gasteiger charge is 2.15. The number of aryl methyl sites for hydroxylation is 2. The number of nitrogens with zero attached hydrogens (tertiary/aromatic N) is 2. The van der Waals surface area contributed by atoms with Crippen LogP contribution < -0.4 is 0 Å². The predicted octanol–water partition coefficient (Wildman–Crippen LogP) is 9.79. The fourth-order valence-electron chi connectivity index (χ4n) is 5.89. The van der Waals surface area contributed by atoms with Crippen molar-refractivity contribution in [3.05, 3.63) is 120 Å². The highest BCUT2D eigenvalue weighted by Crippen LogP contribution is 2.37. The van der Waals surface area contributed by atoms with Crippen molar-refractivity contribution in [2.45, 2.75) is 13.8 Å². The minimum atomic E-state index is 0.866. The molecule has 184 valence electrons. The molecule has 0 fully saturated rings. The second kappa shape index (κ2) is 8.24. The maximum Gasteiger partial charge on any atom is 0.143 e. The van der Waals surface area contributed by atoms with E-state index in [-0.39, 0.29) is 0 Å². The van der Waals surface area contributed by atoms with Gasteiger partial charge in [-0.1, -0.05) is 96.1 Å². The van der Waals surface area contributed by atoms with Gasteiger partial charge in [0.25, 0.3) is 0 Å². The number of hydrogen-bond acceptors (Lipinski definition) is 3. The average molecular weight is 501 g/mol. The summed E-state index contributed by atoms with van der Waals surface area (Å²) in [5.74, 6) is 0. The van der Waals surface area contributed by atoms with Gasteiger partial charge < -0.3 is 4.42 Å². The largest absolute Gasteiger partial charge is 0.455 e. The number of rotatable bonds is 2. The average Bonchev–Trinajstić information content (AvgIpc) is 3.36. The quantitative estimate of drug-likeness (QED) is 0.222. The number of furan rings is 1. The fraction of sp³-hybridized carbons (Fsp3) is 0.0556. The first-order valence-corrected chi connectivity index (χ1v) is 13.2. The Morgan fingerprint density at radius 3 is 1.97 bits per heavy atom. The van der Waals surface area contributed by atoms with E-state index in [1.807, 2.05) is 18.3 Å². The first kappa shape index (κ1) is 22.0. The van der Waals surface area contributed by atoms with E-state index in [1.54, 1.807) is 0 Å². The lowest BCUT2D eigenvalue weighted by molar-refractivity contribution is 0.670. The number of hydrogen-bond donors (Lipinski definition) is 0. The Balaban J connectivity index is 1.29. The normalized spacial score (nSPS) is 11.8. The molecular weight excluding hydrogens is 476 g/mol. The van der Waals surface area contributed by atoms with Crippen LogP contribution in [0.5, 0.6) is 0 Å². The molecule has 39 heavy (non-hydrogen) atoms. The summed E-state index contributed by atoms with van der Waals surface area (Å²) in [5.41, 5.74) is 10.3. The predicted molar refractivity (Wildman–Crippen MR) is 162 cm³/mol. The second-order valence-electron chi connectivity index (χ2n) is 10.4. The lowest BCUT2D eigenvalue weighted by atomic mass is 9.96. The molecule has 8 aromatic rings. The van der Waals surface area contributed by atoms with Gasteiger partial charge in [0.15, 0.2) is 0 Å². The van der Waals surface area contributed by atoms with E-state index in [0.717, 1.165) is 66.1 Å². The van der Waals surface area contributed by atoms with Gasteiger partial charge in [-0.05, 0) is 48.4 Å². The van der Waals surface area contributed by atoms with Crippen LogP contribution >= 0.6 is 0 Å². The van der Waals surface area contributed by atoms with Gasteiger partial charge >= 0.3 is 0 Å². The molecule has 8 rings (SSSR count). The van der Waals surface area contributed by atoms with Gasteiger partial charge in [0.1, 0.15) is 11.2 Å². The van der Waals surface area contributed by atoms with Crippen LogP contribution in [0.1, 0.15) is 11.1 Å². The molecule has 0 saturated carbocycles. The topological polar surface area (TPSA) is 38.9 Å². The maximum absolute atomic E-state index is 6.27. The van der Waals surface area contributed by atoms with E-state index in [1.165, 1.54) is 21.9 Å². The highest BCUT2D eigenvalue weighted by atomic mass is 16.3. The molecule has 6 aromatic carbocycles. The first-order chi connectivity index (χ1) is 19.1. The summed E-state index contributed by atoms with van der Waals surface area (Å²) in [6.07, 6.45) is 1.90. The van der Waals surface area contributed by atoms with Crippen molar-refractivity contribution >= 4 is 54.5 Å². The van der Waals surface area contributed by atoms with Gasteiger partial charge in [0.05, 0.1) is 22.9 Å². The maximum atomic E-state index is 6.27. The second-order valence-corrected chi connectivity index (χ2v) is 10.4. The molecule has 0 aliphatic rings. The van der Waals surface area contributed by atoms with Gasteiger partial charge in [-0.3, -0.25) is 4.98 Å². The van der Waals surface area contributed by atoms with Crippen molar-refractivity contribution in [1.82, 2.24) is 9.97 Å². The molecule has 0 aliphatic carbocycles. The van der Waals surface area contributed by atoms with E-state index in [9.17, 15) is 0 Å². The SMILES string of the molecule is Cc1ccc2c3ccc(C)cc3c3nc(-c4ccc(-c5cccc6c5oc5ccccc56)cc4)cnc3c2c1. The summed E-state index contributed by atoms with van der Waals surface area (Å²) in [6, 6.07) is 36.3. The van der Waals surface area contributed by atoms with Crippen molar-refractivity contribution < 1.29 is 4.42 Å². The van der Waals surface area contributed by atoms with Gasteiger partial charge in [0, 0.05) is 32.7 Å². The Bertz CT molecular complexity index is 2240. The molecule has 0 aliphatic heterocycles. The summed E-state index contributed by atoms with van der Waals surface area (Å²) >= 11 is 0. The summed E-state index contributed by atoms with van der Waals surface area (Å²) in [4.78, 5) is 10.2. The zero-order chi connectivity index (χ0) is 26.1. The van der Waals surface area contributed by atoms with Crippen molar-refractivity contribution in [3.63, 3.8) is 0 Å². The highest BCUT2D eigenvalue weighted by molar-refractivity contribution is 6.23. The minimum absolute atomic E-state index is 0.866. The Hall–Kier alpha value is -5.02. The Morgan fingerprint density at radius 2 is 1.21 bits per heavy atom. The smallest absolute Gasteiger partial charge is 0.143 e. The van der Waals surface area contributed by atoms with Crippen molar-refractivity contribution in [2.75, 3.05) is 0 Å². The first-order valence-electron chi connectivity index (χ1n) is 13.2. The molecule has 2 heterocycles. The summed E-state index contributed by atoms with van der Waals surface area (Å²) in [6.45, 7) is 4.25. The third-order valence-corrected chi connectivity index (χ3v) is 7.82. The molecule has 2 aromatic heterocycles. The van der Waals surface area contributed by atoms with Crippen LogP contribution in [0.15, 0.2) is 114 Å². The monoisotopic (exact) mass is 500 g/mol. The van der Waals surface area contributed by atoms with Crippen LogP contribution in [0, 0.1) is 13.8 Å². The molecule has 0 radical (unpaired) electrons. The molecule has 0 unspecified atom stereocenters. The van der Waals surface area contributed by atoms with Crippen molar-refractivity contribution in [1.29, 1.82) is 0 Å². The number of benzene rings is 6. The molecule has 3 heteroatoms. The van der Waals surface area contributed by atoms with E-state index < -0.39 is 0 Å². The van der Waals surface area contributed by atoms with E-state index >= 15 is 0 Å². The standard InChI is InChI=1S/C36H24N2O/c1-21-10-16-26-27-17-11-22(2)19-31(27)35-34(30(26)18-21)37-20-32(38-35)24-14-12-23(13-15-24)25-7-5-8-29-28-6-3-4-9-33(28)39-36(25)29/h3-20H,1-2H3. The minimum Gasteiger partial charge on any atom is -0.455 e. The number of aromatic nitrogens is 2. The van der Waals surface area contributed by atoms with Crippen LogP contribution in [-0.2, 0) is 0 Å². The lowest BCUT2D eigenvalue weighted by Gasteiger charge is -2.12. The van der Waals surface area contributed by atoms with Crippen LogP contribution in [0.3, 0.4) is 0 Å². The van der Waals surface area contributed by atoms with Gasteiger partial charge in [-0.25, -0.2) is 4.98 Å². The summed E-state index contributed by atoms with van der Waals surface area (Å²) in [7, 11) is 0. The Kier molecular flexibility index (Phi) is 4.65.